The maximum absolute atomic E-state index is 10.3. The van der Waals surface area contributed by atoms with Gasteiger partial charge in [-0.05, 0) is 36.0 Å². The van der Waals surface area contributed by atoms with E-state index in [0.717, 1.165) is 18.7 Å². The summed E-state index contributed by atoms with van der Waals surface area (Å²) in [6.45, 7) is 8.33. The fourth-order valence-corrected chi connectivity index (χ4v) is 2.60. The van der Waals surface area contributed by atoms with Crippen molar-refractivity contribution in [1.29, 1.82) is 0 Å². The summed E-state index contributed by atoms with van der Waals surface area (Å²) in [5, 5.41) is 10.3. The molecule has 1 aromatic carbocycles. The topological polar surface area (TPSA) is 49.5 Å². The molecule has 1 fully saturated rings. The summed E-state index contributed by atoms with van der Waals surface area (Å²) in [6, 6.07) is 8.01. The summed E-state index contributed by atoms with van der Waals surface area (Å²) in [7, 11) is 0. The Hall–Kier alpha value is -0.770. The zero-order valence-corrected chi connectivity index (χ0v) is 13.5. The van der Waals surface area contributed by atoms with Crippen LogP contribution in [0, 0.1) is 5.41 Å². The number of aliphatic hydroxyl groups excluding tert-OH is 1. The van der Waals surface area contributed by atoms with Gasteiger partial charge in [-0.15, -0.1) is 12.4 Å². The molecule has 0 aliphatic carbocycles. The number of halogens is 1. The van der Waals surface area contributed by atoms with E-state index in [4.69, 9.17) is 5.73 Å². The molecule has 0 radical (unpaired) electrons. The van der Waals surface area contributed by atoms with Crippen LogP contribution in [0.1, 0.15) is 45.2 Å². The number of rotatable bonds is 3. The summed E-state index contributed by atoms with van der Waals surface area (Å²) in [5.74, 6) is 0. The second-order valence-corrected chi connectivity index (χ2v) is 6.62. The van der Waals surface area contributed by atoms with Gasteiger partial charge in [0.25, 0.3) is 0 Å². The van der Waals surface area contributed by atoms with Gasteiger partial charge in [-0.2, -0.15) is 0 Å². The lowest BCUT2D eigenvalue weighted by atomic mass is 9.82. The molecule has 3 N–H and O–H groups in total. The third kappa shape index (κ3) is 3.87. The van der Waals surface area contributed by atoms with E-state index in [1.165, 1.54) is 18.5 Å². The maximum atomic E-state index is 10.3. The van der Waals surface area contributed by atoms with Crippen molar-refractivity contribution in [2.45, 2.75) is 45.8 Å². The van der Waals surface area contributed by atoms with Crippen LogP contribution in [0.15, 0.2) is 24.3 Å². The average molecular weight is 299 g/mol. The van der Waals surface area contributed by atoms with E-state index in [0.29, 0.717) is 0 Å². The predicted molar refractivity (Wildman–Crippen MR) is 87.5 cm³/mol. The van der Waals surface area contributed by atoms with Gasteiger partial charge in [0.1, 0.15) is 0 Å². The molecular weight excluding hydrogens is 272 g/mol. The van der Waals surface area contributed by atoms with Crippen LogP contribution in [-0.2, 0) is 0 Å². The summed E-state index contributed by atoms with van der Waals surface area (Å²) < 4.78 is 0. The normalized spacial score (nSPS) is 18.6. The lowest BCUT2D eigenvalue weighted by Gasteiger charge is -2.31. The third-order valence-electron chi connectivity index (χ3n) is 3.98. The second kappa shape index (κ2) is 6.79. The van der Waals surface area contributed by atoms with Gasteiger partial charge in [0.05, 0.1) is 12.1 Å². The van der Waals surface area contributed by atoms with Crippen molar-refractivity contribution in [1.82, 2.24) is 0 Å². The van der Waals surface area contributed by atoms with Gasteiger partial charge in [0, 0.05) is 18.8 Å². The average Bonchev–Trinajstić information content (AvgIpc) is 2.90. The highest BCUT2D eigenvalue weighted by atomic mass is 35.5. The molecule has 114 valence electrons. The Morgan fingerprint density at radius 2 is 1.60 bits per heavy atom. The number of benzene rings is 1. The lowest BCUT2D eigenvalue weighted by Crippen LogP contribution is -2.36. The first-order chi connectivity index (χ1) is 8.89. The number of hydrogen-bond donors (Lipinski definition) is 2. The summed E-state index contributed by atoms with van der Waals surface area (Å²) in [6.07, 6.45) is 2.03. The van der Waals surface area contributed by atoms with Crippen LogP contribution in [0.4, 0.5) is 5.69 Å². The summed E-state index contributed by atoms with van der Waals surface area (Å²) >= 11 is 0. The molecule has 1 aliphatic heterocycles. The van der Waals surface area contributed by atoms with Crippen LogP contribution in [0.3, 0.4) is 0 Å². The van der Waals surface area contributed by atoms with Gasteiger partial charge in [0.15, 0.2) is 0 Å². The van der Waals surface area contributed by atoms with E-state index in [9.17, 15) is 5.11 Å². The Morgan fingerprint density at radius 1 is 1.10 bits per heavy atom. The van der Waals surface area contributed by atoms with Gasteiger partial charge in [-0.25, -0.2) is 0 Å². The van der Waals surface area contributed by atoms with Crippen molar-refractivity contribution < 1.29 is 5.11 Å². The molecule has 3 nitrogen and oxygen atoms in total. The van der Waals surface area contributed by atoms with E-state index in [2.05, 4.69) is 17.0 Å². The van der Waals surface area contributed by atoms with Crippen LogP contribution >= 0.6 is 12.4 Å². The molecule has 0 bridgehead atoms. The lowest BCUT2D eigenvalue weighted by molar-refractivity contribution is 0.0401. The molecule has 0 aromatic heterocycles. The molecule has 2 rings (SSSR count). The molecule has 0 saturated carbocycles. The van der Waals surface area contributed by atoms with Crippen molar-refractivity contribution in [2.75, 3.05) is 18.0 Å². The number of nitrogens with zero attached hydrogens (tertiary/aromatic N) is 1. The molecule has 2 atom stereocenters. The Balaban J connectivity index is 0.00000200. The molecule has 4 heteroatoms. The van der Waals surface area contributed by atoms with Crippen molar-refractivity contribution >= 4 is 18.1 Å². The fraction of sp³-hybridized carbons (Fsp3) is 0.625. The van der Waals surface area contributed by atoms with E-state index >= 15 is 0 Å². The maximum Gasteiger partial charge on any atom is 0.0780 e. The summed E-state index contributed by atoms with van der Waals surface area (Å²) in [5.41, 5.74) is 8.23. The van der Waals surface area contributed by atoms with Gasteiger partial charge in [-0.1, -0.05) is 32.9 Å². The quantitative estimate of drug-likeness (QED) is 0.901. The smallest absolute Gasteiger partial charge is 0.0780 e. The van der Waals surface area contributed by atoms with Crippen molar-refractivity contribution in [3.8, 4) is 0 Å². The molecule has 1 aromatic rings. The molecule has 1 saturated heterocycles. The monoisotopic (exact) mass is 298 g/mol. The van der Waals surface area contributed by atoms with Crippen LogP contribution in [0.2, 0.25) is 0 Å². The molecule has 0 amide bonds. The van der Waals surface area contributed by atoms with Gasteiger partial charge in [-0.3, -0.25) is 0 Å². The second-order valence-electron chi connectivity index (χ2n) is 6.62. The van der Waals surface area contributed by atoms with E-state index in [-0.39, 0.29) is 23.9 Å². The minimum absolute atomic E-state index is 0. The first-order valence-corrected chi connectivity index (χ1v) is 7.18. The van der Waals surface area contributed by atoms with Crippen molar-refractivity contribution in [3.05, 3.63) is 29.8 Å². The molecule has 1 aliphatic rings. The van der Waals surface area contributed by atoms with Crippen molar-refractivity contribution in [3.63, 3.8) is 0 Å². The highest BCUT2D eigenvalue weighted by Gasteiger charge is 2.29. The van der Waals surface area contributed by atoms with Gasteiger partial charge >= 0.3 is 0 Å². The van der Waals surface area contributed by atoms with Gasteiger partial charge < -0.3 is 15.7 Å². The van der Waals surface area contributed by atoms with Crippen LogP contribution < -0.4 is 10.6 Å². The molecule has 0 unspecified atom stereocenters. The number of aliphatic hydroxyl groups is 1. The standard InChI is InChI=1S/C16H26N2O.ClH/c1-16(2,3)15(19)14(17)12-6-8-13(9-7-12)18-10-4-5-11-18;/h6-9,14-15,19H,4-5,10-11,17H2,1-3H3;1H/t14-,15-;/m1./s1. The first kappa shape index (κ1) is 17.3. The van der Waals surface area contributed by atoms with Crippen LogP contribution in [-0.4, -0.2) is 24.3 Å². The van der Waals surface area contributed by atoms with Crippen molar-refractivity contribution in [2.24, 2.45) is 11.1 Å². The molecule has 1 heterocycles. The Labute approximate surface area is 128 Å². The zero-order valence-electron chi connectivity index (χ0n) is 12.7. The molecule has 0 spiro atoms. The third-order valence-corrected chi connectivity index (χ3v) is 3.98. The minimum Gasteiger partial charge on any atom is -0.391 e. The van der Waals surface area contributed by atoms with E-state index in [1.54, 1.807) is 0 Å². The summed E-state index contributed by atoms with van der Waals surface area (Å²) in [4.78, 5) is 2.40. The highest BCUT2D eigenvalue weighted by Crippen LogP contribution is 2.29. The van der Waals surface area contributed by atoms with Crippen LogP contribution in [0.5, 0.6) is 0 Å². The minimum atomic E-state index is -0.537. The SMILES string of the molecule is CC(C)(C)[C@H](O)[C@H](N)c1ccc(N2CCCC2)cc1.Cl. The van der Waals surface area contributed by atoms with Crippen LogP contribution in [0.25, 0.3) is 0 Å². The highest BCUT2D eigenvalue weighted by molar-refractivity contribution is 5.85. The van der Waals surface area contributed by atoms with Gasteiger partial charge in [0.2, 0.25) is 0 Å². The first-order valence-electron chi connectivity index (χ1n) is 7.18. The van der Waals surface area contributed by atoms with E-state index < -0.39 is 6.10 Å². The molecule has 20 heavy (non-hydrogen) atoms. The fourth-order valence-electron chi connectivity index (χ4n) is 2.60. The molecular formula is C16H27ClN2O. The largest absolute Gasteiger partial charge is 0.391 e. The van der Waals surface area contributed by atoms with E-state index in [1.807, 2.05) is 32.9 Å². The number of anilines is 1. The number of hydrogen-bond acceptors (Lipinski definition) is 3. The Bertz CT molecular complexity index is 407. The Morgan fingerprint density at radius 3 is 2.05 bits per heavy atom. The predicted octanol–water partition coefficient (Wildman–Crippen LogP) is 3.12. The number of nitrogens with two attached hydrogens (primary N) is 1. The zero-order chi connectivity index (χ0) is 14.0. The Kier molecular flexibility index (Phi) is 5.87.